The first kappa shape index (κ1) is 12.9. The number of aromatic hydroxyl groups is 1. The summed E-state index contributed by atoms with van der Waals surface area (Å²) < 4.78 is 0. The summed E-state index contributed by atoms with van der Waals surface area (Å²) in [5.41, 5.74) is 1.39. The fourth-order valence-corrected chi connectivity index (χ4v) is 2.15. The van der Waals surface area contributed by atoms with Gasteiger partial charge < -0.3 is 10.0 Å². The fraction of sp³-hybridized carbons (Fsp3) is 0.533. The predicted octanol–water partition coefficient (Wildman–Crippen LogP) is 2.96. The highest BCUT2D eigenvalue weighted by Crippen LogP contribution is 2.31. The van der Waals surface area contributed by atoms with Gasteiger partial charge in [0.25, 0.3) is 5.91 Å². The van der Waals surface area contributed by atoms with E-state index in [9.17, 15) is 9.90 Å². The minimum absolute atomic E-state index is 0.0382. The second-order valence-electron chi connectivity index (χ2n) is 5.60. The fourth-order valence-electron chi connectivity index (χ4n) is 2.15. The smallest absolute Gasteiger partial charge is 0.257 e. The number of phenols is 1. The molecule has 0 radical (unpaired) electrons. The average molecular weight is 247 g/mol. The third kappa shape index (κ3) is 2.84. The molecule has 2 rings (SSSR count). The standard InChI is InChI=1S/C15H21NO2/c1-10(2)9-16(12-5-6-12)15(18)13-7-4-11(3)8-14(13)17/h4,7-8,10,12,17H,5-6,9H2,1-3H3. The van der Waals surface area contributed by atoms with Crippen LogP contribution < -0.4 is 0 Å². The van der Waals surface area contributed by atoms with Gasteiger partial charge in [-0.3, -0.25) is 4.79 Å². The number of amides is 1. The minimum Gasteiger partial charge on any atom is -0.507 e. The van der Waals surface area contributed by atoms with Crippen molar-refractivity contribution in [3.8, 4) is 5.75 Å². The van der Waals surface area contributed by atoms with Gasteiger partial charge in [0.1, 0.15) is 5.75 Å². The molecule has 1 aromatic rings. The lowest BCUT2D eigenvalue weighted by Gasteiger charge is -2.24. The number of hydrogen-bond donors (Lipinski definition) is 1. The van der Waals surface area contributed by atoms with Crippen LogP contribution in [0.1, 0.15) is 42.6 Å². The quantitative estimate of drug-likeness (QED) is 0.888. The van der Waals surface area contributed by atoms with E-state index in [1.165, 1.54) is 0 Å². The molecule has 0 heterocycles. The van der Waals surface area contributed by atoms with Gasteiger partial charge in [-0.25, -0.2) is 0 Å². The number of carbonyl (C=O) groups excluding carboxylic acids is 1. The van der Waals surface area contributed by atoms with Gasteiger partial charge in [-0.05, 0) is 43.4 Å². The number of rotatable bonds is 4. The Morgan fingerprint density at radius 2 is 2.11 bits per heavy atom. The SMILES string of the molecule is Cc1ccc(C(=O)N(CC(C)C)C2CC2)c(O)c1. The molecule has 0 unspecified atom stereocenters. The zero-order valence-corrected chi connectivity index (χ0v) is 11.3. The van der Waals surface area contributed by atoms with Crippen molar-refractivity contribution in [2.75, 3.05) is 6.54 Å². The number of hydrogen-bond acceptors (Lipinski definition) is 2. The Morgan fingerprint density at radius 1 is 1.44 bits per heavy atom. The van der Waals surface area contributed by atoms with Crippen LogP contribution in [-0.2, 0) is 0 Å². The van der Waals surface area contributed by atoms with Gasteiger partial charge in [0.05, 0.1) is 5.56 Å². The molecule has 0 saturated heterocycles. The Morgan fingerprint density at radius 3 is 2.61 bits per heavy atom. The average Bonchev–Trinajstić information content (AvgIpc) is 3.08. The second-order valence-corrected chi connectivity index (χ2v) is 5.60. The van der Waals surface area contributed by atoms with Gasteiger partial charge in [0, 0.05) is 12.6 Å². The van der Waals surface area contributed by atoms with E-state index in [4.69, 9.17) is 0 Å². The van der Waals surface area contributed by atoms with E-state index in [1.807, 2.05) is 17.9 Å². The van der Waals surface area contributed by atoms with Crippen molar-refractivity contribution in [3.63, 3.8) is 0 Å². The first-order valence-corrected chi connectivity index (χ1v) is 6.59. The highest BCUT2D eigenvalue weighted by molar-refractivity contribution is 5.97. The summed E-state index contributed by atoms with van der Waals surface area (Å²) in [7, 11) is 0. The molecule has 0 bridgehead atoms. The van der Waals surface area contributed by atoms with Gasteiger partial charge in [0.2, 0.25) is 0 Å². The van der Waals surface area contributed by atoms with Crippen LogP contribution in [0.4, 0.5) is 0 Å². The van der Waals surface area contributed by atoms with Crippen molar-refractivity contribution >= 4 is 5.91 Å². The van der Waals surface area contributed by atoms with Gasteiger partial charge in [0.15, 0.2) is 0 Å². The molecule has 0 atom stereocenters. The molecule has 18 heavy (non-hydrogen) atoms. The van der Waals surface area contributed by atoms with E-state index in [-0.39, 0.29) is 11.7 Å². The van der Waals surface area contributed by atoms with Crippen molar-refractivity contribution in [1.82, 2.24) is 4.90 Å². The number of phenolic OH excluding ortho intramolecular Hbond substituents is 1. The van der Waals surface area contributed by atoms with Crippen LogP contribution in [0, 0.1) is 12.8 Å². The van der Waals surface area contributed by atoms with Gasteiger partial charge in [-0.1, -0.05) is 19.9 Å². The summed E-state index contributed by atoms with van der Waals surface area (Å²) in [4.78, 5) is 14.4. The zero-order chi connectivity index (χ0) is 13.3. The van der Waals surface area contributed by atoms with Gasteiger partial charge in [-0.2, -0.15) is 0 Å². The molecule has 3 nitrogen and oxygen atoms in total. The zero-order valence-electron chi connectivity index (χ0n) is 11.3. The van der Waals surface area contributed by atoms with Crippen molar-refractivity contribution in [3.05, 3.63) is 29.3 Å². The van der Waals surface area contributed by atoms with Crippen LogP contribution in [0.5, 0.6) is 5.75 Å². The van der Waals surface area contributed by atoms with E-state index in [1.54, 1.807) is 12.1 Å². The molecule has 1 saturated carbocycles. The van der Waals surface area contributed by atoms with E-state index in [0.717, 1.165) is 24.9 Å². The summed E-state index contributed by atoms with van der Waals surface area (Å²) in [5, 5.41) is 9.90. The van der Waals surface area contributed by atoms with Crippen LogP contribution in [0.2, 0.25) is 0 Å². The summed E-state index contributed by atoms with van der Waals surface area (Å²) >= 11 is 0. The maximum absolute atomic E-state index is 12.5. The van der Waals surface area contributed by atoms with Crippen molar-refractivity contribution in [2.45, 2.75) is 39.7 Å². The highest BCUT2D eigenvalue weighted by atomic mass is 16.3. The lowest BCUT2D eigenvalue weighted by molar-refractivity contribution is 0.0719. The highest BCUT2D eigenvalue weighted by Gasteiger charge is 2.34. The Kier molecular flexibility index (Phi) is 3.60. The third-order valence-electron chi connectivity index (χ3n) is 3.19. The monoisotopic (exact) mass is 247 g/mol. The number of aryl methyl sites for hydroxylation is 1. The Balaban J connectivity index is 2.22. The van der Waals surface area contributed by atoms with Crippen LogP contribution in [0.25, 0.3) is 0 Å². The molecule has 98 valence electrons. The maximum atomic E-state index is 12.5. The molecule has 0 aliphatic heterocycles. The van der Waals surface area contributed by atoms with Gasteiger partial charge >= 0.3 is 0 Å². The van der Waals surface area contributed by atoms with Crippen LogP contribution >= 0.6 is 0 Å². The van der Waals surface area contributed by atoms with Crippen LogP contribution in [0.3, 0.4) is 0 Å². The number of carbonyl (C=O) groups is 1. The van der Waals surface area contributed by atoms with E-state index in [2.05, 4.69) is 13.8 Å². The number of nitrogens with zero attached hydrogens (tertiary/aromatic N) is 1. The topological polar surface area (TPSA) is 40.5 Å². The molecular formula is C15H21NO2. The molecule has 1 amide bonds. The van der Waals surface area contributed by atoms with Gasteiger partial charge in [-0.15, -0.1) is 0 Å². The molecule has 1 aromatic carbocycles. The van der Waals surface area contributed by atoms with E-state index >= 15 is 0 Å². The van der Waals surface area contributed by atoms with Crippen molar-refractivity contribution in [1.29, 1.82) is 0 Å². The molecule has 1 aliphatic carbocycles. The summed E-state index contributed by atoms with van der Waals surface area (Å²) in [6.07, 6.45) is 2.18. The first-order chi connectivity index (χ1) is 8.49. The van der Waals surface area contributed by atoms with E-state index in [0.29, 0.717) is 17.5 Å². The number of benzene rings is 1. The lowest BCUT2D eigenvalue weighted by Crippen LogP contribution is -2.36. The largest absolute Gasteiger partial charge is 0.507 e. The Labute approximate surface area is 108 Å². The molecule has 0 spiro atoms. The predicted molar refractivity (Wildman–Crippen MR) is 71.7 cm³/mol. The van der Waals surface area contributed by atoms with Crippen LogP contribution in [-0.4, -0.2) is 28.5 Å². The lowest BCUT2D eigenvalue weighted by atomic mass is 10.1. The Hall–Kier alpha value is -1.51. The molecular weight excluding hydrogens is 226 g/mol. The molecule has 0 aromatic heterocycles. The summed E-state index contributed by atoms with van der Waals surface area (Å²) in [5.74, 6) is 0.500. The van der Waals surface area contributed by atoms with Crippen LogP contribution in [0.15, 0.2) is 18.2 Å². The molecule has 3 heteroatoms. The maximum Gasteiger partial charge on any atom is 0.257 e. The Bertz CT molecular complexity index is 450. The molecule has 1 aliphatic rings. The molecule has 1 fully saturated rings. The first-order valence-electron chi connectivity index (χ1n) is 6.59. The normalized spacial score (nSPS) is 14.9. The second kappa shape index (κ2) is 5.01. The van der Waals surface area contributed by atoms with Crippen molar-refractivity contribution < 1.29 is 9.90 Å². The van der Waals surface area contributed by atoms with E-state index < -0.39 is 0 Å². The van der Waals surface area contributed by atoms with Crippen molar-refractivity contribution in [2.24, 2.45) is 5.92 Å². The summed E-state index contributed by atoms with van der Waals surface area (Å²) in [6.45, 7) is 6.88. The third-order valence-corrected chi connectivity index (χ3v) is 3.19. The minimum atomic E-state index is -0.0382. The molecule has 1 N–H and O–H groups in total. The summed E-state index contributed by atoms with van der Waals surface area (Å²) in [6, 6.07) is 5.62.